The fraction of sp³-hybridized carbons (Fsp3) is 0.778. The van der Waals surface area contributed by atoms with E-state index in [1.165, 1.54) is 7.11 Å². The Morgan fingerprint density at radius 3 is 2.21 bits per heavy atom. The Labute approximate surface area is 84.4 Å². The smallest absolute Gasteiger partial charge is 0.407 e. The Morgan fingerprint density at radius 2 is 1.93 bits per heavy atom. The molecule has 2 N–H and O–H groups in total. The highest BCUT2D eigenvalue weighted by Crippen LogP contribution is 1.96. The molecule has 0 rings (SSSR count). The van der Waals surface area contributed by atoms with Crippen molar-refractivity contribution >= 4 is 12.1 Å². The number of aliphatic carboxylic acids is 1. The average molecular weight is 205 g/mol. The number of amides is 1. The second kappa shape index (κ2) is 9.83. The predicted octanol–water partition coefficient (Wildman–Crippen LogP) is 1.62. The molecule has 5 heteroatoms. The zero-order valence-electron chi connectivity index (χ0n) is 9.16. The van der Waals surface area contributed by atoms with Gasteiger partial charge in [0.1, 0.15) is 6.04 Å². The molecule has 0 fully saturated rings. The lowest BCUT2D eigenvalue weighted by molar-refractivity contribution is -0.139. The van der Waals surface area contributed by atoms with E-state index in [2.05, 4.69) is 10.1 Å². The number of carboxylic acids is 1. The average Bonchev–Trinajstić information content (AvgIpc) is 2.19. The van der Waals surface area contributed by atoms with E-state index >= 15 is 0 Å². The van der Waals surface area contributed by atoms with E-state index < -0.39 is 18.1 Å². The molecule has 0 saturated heterocycles. The number of ether oxygens (including phenoxy) is 1. The maximum Gasteiger partial charge on any atom is 0.407 e. The van der Waals surface area contributed by atoms with Crippen molar-refractivity contribution in [3.8, 4) is 0 Å². The lowest BCUT2D eigenvalue weighted by Gasteiger charge is -2.11. The molecule has 0 aliphatic rings. The van der Waals surface area contributed by atoms with Crippen molar-refractivity contribution in [1.82, 2.24) is 5.32 Å². The van der Waals surface area contributed by atoms with Gasteiger partial charge in [-0.15, -0.1) is 0 Å². The third kappa shape index (κ3) is 7.39. The molecule has 1 atom stereocenters. The van der Waals surface area contributed by atoms with Gasteiger partial charge >= 0.3 is 12.1 Å². The van der Waals surface area contributed by atoms with E-state index in [4.69, 9.17) is 5.11 Å². The van der Waals surface area contributed by atoms with Gasteiger partial charge in [-0.3, -0.25) is 0 Å². The van der Waals surface area contributed by atoms with Crippen LogP contribution in [0.5, 0.6) is 0 Å². The minimum absolute atomic E-state index is 0.407. The summed E-state index contributed by atoms with van der Waals surface area (Å²) in [5.41, 5.74) is 0. The van der Waals surface area contributed by atoms with Crippen LogP contribution in [-0.4, -0.2) is 30.3 Å². The second-order valence-electron chi connectivity index (χ2n) is 2.32. The number of carbonyl (C=O) groups is 2. The van der Waals surface area contributed by atoms with Crippen molar-refractivity contribution in [3.63, 3.8) is 0 Å². The van der Waals surface area contributed by atoms with Crippen LogP contribution in [-0.2, 0) is 9.53 Å². The van der Waals surface area contributed by atoms with Gasteiger partial charge in [-0.2, -0.15) is 0 Å². The standard InChI is InChI=1S/C7H13NO4.C2H6/c1-3-4-5(6(9)10)8-7(11)12-2;1-2/h5H,3-4H2,1-2H3,(H,8,11)(H,9,10);1-2H3/t5-;/m0./s1. The third-order valence-electron chi connectivity index (χ3n) is 1.35. The van der Waals surface area contributed by atoms with Crippen LogP contribution in [0.15, 0.2) is 0 Å². The molecule has 0 aliphatic carbocycles. The third-order valence-corrected chi connectivity index (χ3v) is 1.35. The predicted molar refractivity (Wildman–Crippen MR) is 53.2 cm³/mol. The SMILES string of the molecule is CC.CCC[C@H](NC(=O)OC)C(=O)O. The molecule has 1 amide bonds. The first-order valence-electron chi connectivity index (χ1n) is 4.69. The largest absolute Gasteiger partial charge is 0.480 e. The van der Waals surface area contributed by atoms with Crippen LogP contribution in [0.4, 0.5) is 4.79 Å². The lowest BCUT2D eigenvalue weighted by Crippen LogP contribution is -2.40. The summed E-state index contributed by atoms with van der Waals surface area (Å²) in [6, 6.07) is -0.845. The van der Waals surface area contributed by atoms with Crippen LogP contribution in [0.1, 0.15) is 33.6 Å². The highest BCUT2D eigenvalue weighted by molar-refractivity contribution is 5.79. The van der Waals surface area contributed by atoms with Gasteiger partial charge in [0.05, 0.1) is 7.11 Å². The van der Waals surface area contributed by atoms with Crippen LogP contribution in [0.3, 0.4) is 0 Å². The number of rotatable bonds is 4. The molecular weight excluding hydrogens is 186 g/mol. The molecule has 0 aromatic rings. The molecule has 0 bridgehead atoms. The fourth-order valence-electron chi connectivity index (χ4n) is 0.747. The highest BCUT2D eigenvalue weighted by atomic mass is 16.5. The first kappa shape index (κ1) is 15.2. The molecule has 5 nitrogen and oxygen atoms in total. The summed E-state index contributed by atoms with van der Waals surface area (Å²) in [5.74, 6) is -1.04. The number of alkyl carbamates (subject to hydrolysis) is 1. The Bertz CT molecular complexity index is 168. The molecule has 14 heavy (non-hydrogen) atoms. The van der Waals surface area contributed by atoms with Crippen LogP contribution in [0.25, 0.3) is 0 Å². The number of hydrogen-bond acceptors (Lipinski definition) is 3. The van der Waals surface area contributed by atoms with Gasteiger partial charge in [-0.25, -0.2) is 9.59 Å². The Morgan fingerprint density at radius 1 is 1.43 bits per heavy atom. The van der Waals surface area contributed by atoms with Crippen molar-refractivity contribution in [1.29, 1.82) is 0 Å². The van der Waals surface area contributed by atoms with E-state index in [1.807, 2.05) is 20.8 Å². The van der Waals surface area contributed by atoms with Crippen LogP contribution in [0.2, 0.25) is 0 Å². The van der Waals surface area contributed by atoms with Gasteiger partial charge < -0.3 is 15.2 Å². The van der Waals surface area contributed by atoms with Gasteiger partial charge in [-0.1, -0.05) is 27.2 Å². The van der Waals surface area contributed by atoms with E-state index in [-0.39, 0.29) is 0 Å². The van der Waals surface area contributed by atoms with Crippen LogP contribution < -0.4 is 5.32 Å². The molecule has 84 valence electrons. The van der Waals surface area contributed by atoms with Gasteiger partial charge in [0.15, 0.2) is 0 Å². The molecule has 0 heterocycles. The fourth-order valence-corrected chi connectivity index (χ4v) is 0.747. The zero-order valence-corrected chi connectivity index (χ0v) is 9.16. The summed E-state index contributed by atoms with van der Waals surface area (Å²) in [4.78, 5) is 21.1. The molecule has 0 radical (unpaired) electrons. The van der Waals surface area contributed by atoms with Crippen molar-refractivity contribution < 1.29 is 19.4 Å². The first-order chi connectivity index (χ1) is 6.61. The maximum atomic E-state index is 10.6. The number of nitrogens with one attached hydrogen (secondary N) is 1. The van der Waals surface area contributed by atoms with Gasteiger partial charge in [0.25, 0.3) is 0 Å². The Kier molecular flexibility index (Phi) is 10.7. The van der Waals surface area contributed by atoms with Crippen LogP contribution in [0, 0.1) is 0 Å². The normalized spacial score (nSPS) is 10.6. The minimum atomic E-state index is -1.04. The molecule has 0 unspecified atom stereocenters. The summed E-state index contributed by atoms with van der Waals surface area (Å²) in [5, 5.41) is 10.8. The van der Waals surface area contributed by atoms with Gasteiger partial charge in [0, 0.05) is 0 Å². The number of carbonyl (C=O) groups excluding carboxylic acids is 1. The van der Waals surface area contributed by atoms with Crippen molar-refractivity contribution in [3.05, 3.63) is 0 Å². The molecule has 0 aliphatic heterocycles. The summed E-state index contributed by atoms with van der Waals surface area (Å²) >= 11 is 0. The van der Waals surface area contributed by atoms with E-state index in [0.717, 1.165) is 0 Å². The molecular formula is C9H19NO4. The van der Waals surface area contributed by atoms with E-state index in [1.54, 1.807) is 0 Å². The summed E-state index contributed by atoms with van der Waals surface area (Å²) in [6.45, 7) is 5.84. The van der Waals surface area contributed by atoms with Crippen molar-refractivity contribution in [2.45, 2.75) is 39.7 Å². The van der Waals surface area contributed by atoms with Crippen molar-refractivity contribution in [2.75, 3.05) is 7.11 Å². The Balaban J connectivity index is 0. The lowest BCUT2D eigenvalue weighted by atomic mass is 10.2. The Hall–Kier alpha value is -1.26. The van der Waals surface area contributed by atoms with E-state index in [9.17, 15) is 9.59 Å². The topological polar surface area (TPSA) is 75.6 Å². The zero-order chi connectivity index (χ0) is 11.6. The molecule has 0 aromatic carbocycles. The summed E-state index contributed by atoms with van der Waals surface area (Å²) in [7, 11) is 1.19. The van der Waals surface area contributed by atoms with Crippen LogP contribution >= 0.6 is 0 Å². The quantitative estimate of drug-likeness (QED) is 0.731. The van der Waals surface area contributed by atoms with Gasteiger partial charge in [0.2, 0.25) is 0 Å². The maximum absolute atomic E-state index is 10.6. The first-order valence-corrected chi connectivity index (χ1v) is 4.69. The number of carboxylic acid groups (broad SMARTS) is 1. The molecule has 0 aromatic heterocycles. The molecule has 0 saturated carbocycles. The highest BCUT2D eigenvalue weighted by Gasteiger charge is 2.18. The summed E-state index contributed by atoms with van der Waals surface area (Å²) in [6.07, 6.45) is 0.390. The monoisotopic (exact) mass is 205 g/mol. The minimum Gasteiger partial charge on any atom is -0.480 e. The number of hydrogen-bond donors (Lipinski definition) is 2. The summed E-state index contributed by atoms with van der Waals surface area (Å²) < 4.78 is 4.26. The molecule has 0 spiro atoms. The second-order valence-corrected chi connectivity index (χ2v) is 2.32. The van der Waals surface area contributed by atoms with E-state index in [0.29, 0.717) is 12.8 Å². The van der Waals surface area contributed by atoms with Crippen molar-refractivity contribution in [2.24, 2.45) is 0 Å². The number of methoxy groups -OCH3 is 1. The van der Waals surface area contributed by atoms with Gasteiger partial charge in [-0.05, 0) is 6.42 Å².